The fourth-order valence-electron chi connectivity index (χ4n) is 6.34. The average molecular weight is 570 g/mol. The lowest BCUT2D eigenvalue weighted by Crippen LogP contribution is -2.60. The molecule has 40 heavy (non-hydrogen) atoms. The molecule has 0 bridgehead atoms. The Labute approximate surface area is 231 Å². The van der Waals surface area contributed by atoms with E-state index in [1.165, 1.54) is 4.90 Å². The molecule has 222 valence electrons. The number of rotatable bonds is 7. The van der Waals surface area contributed by atoms with Crippen molar-refractivity contribution in [3.63, 3.8) is 0 Å². The summed E-state index contributed by atoms with van der Waals surface area (Å²) in [4.78, 5) is 53.5. The highest BCUT2D eigenvalue weighted by Gasteiger charge is 2.70. The Kier molecular flexibility index (Phi) is 7.33. The molecule has 1 spiro atoms. The van der Waals surface area contributed by atoms with E-state index in [1.807, 2.05) is 13.8 Å². The number of carbonyl (C=O) groups excluding carboxylic acids is 4. The van der Waals surface area contributed by atoms with E-state index in [-0.39, 0.29) is 41.7 Å². The van der Waals surface area contributed by atoms with Gasteiger partial charge in [-0.1, -0.05) is 34.6 Å². The van der Waals surface area contributed by atoms with Crippen LogP contribution in [0.5, 0.6) is 0 Å². The second kappa shape index (κ2) is 9.80. The first-order chi connectivity index (χ1) is 18.3. The summed E-state index contributed by atoms with van der Waals surface area (Å²) < 4.78 is 43.2. The van der Waals surface area contributed by atoms with Crippen LogP contribution in [0.2, 0.25) is 0 Å². The van der Waals surface area contributed by atoms with E-state index in [1.54, 1.807) is 20.8 Å². The summed E-state index contributed by atoms with van der Waals surface area (Å²) in [5, 5.41) is 17.8. The number of nitrogens with one attached hydrogen (secondary N) is 3. The largest absolute Gasteiger partial charge is 0.437 e. The van der Waals surface area contributed by atoms with Crippen molar-refractivity contribution >= 4 is 23.8 Å². The number of ether oxygens (including phenoxy) is 1. The van der Waals surface area contributed by atoms with Crippen molar-refractivity contribution in [2.24, 2.45) is 28.6 Å². The first kappa shape index (κ1) is 29.9. The van der Waals surface area contributed by atoms with Gasteiger partial charge in [0.05, 0.1) is 6.07 Å². The van der Waals surface area contributed by atoms with Crippen molar-refractivity contribution in [1.29, 1.82) is 5.26 Å². The van der Waals surface area contributed by atoms with Gasteiger partial charge in [-0.05, 0) is 55.3 Å². The summed E-state index contributed by atoms with van der Waals surface area (Å²) in [7, 11) is 0. The lowest BCUT2D eigenvalue weighted by Gasteiger charge is -2.37. The van der Waals surface area contributed by atoms with Crippen LogP contribution in [0, 0.1) is 39.9 Å². The van der Waals surface area contributed by atoms with Gasteiger partial charge < -0.3 is 25.6 Å². The molecule has 4 aliphatic rings. The van der Waals surface area contributed by atoms with E-state index in [9.17, 15) is 37.6 Å². The third-order valence-electron chi connectivity index (χ3n) is 9.12. The predicted octanol–water partition coefficient (Wildman–Crippen LogP) is 2.63. The molecule has 0 aromatic heterocycles. The maximum atomic E-state index is 13.8. The van der Waals surface area contributed by atoms with Crippen LogP contribution < -0.4 is 16.0 Å². The fourth-order valence-corrected chi connectivity index (χ4v) is 6.34. The number of nitrogens with zero attached hydrogens (tertiary/aromatic N) is 2. The number of halogens is 3. The van der Waals surface area contributed by atoms with E-state index < -0.39 is 59.6 Å². The van der Waals surface area contributed by atoms with Gasteiger partial charge in [0.25, 0.3) is 0 Å². The standard InChI is InChI=1S/C27H38F3N5O5/c1-13(27(28,29)30)40-23(39)33-19(24(2,3)4)22(38)35-12-16-17(25(16,5)6)18(35)21(37)32-15(11-31)9-14-10-26(7-8-26)34-20(14)36/h13-19H,7-10,12H2,1-6H3,(H,32,37)(H,33,39)(H,34,36)/t13?,14-,15+,16+,17+,18+,19-/m1/s1. The van der Waals surface area contributed by atoms with Crippen molar-refractivity contribution in [1.82, 2.24) is 20.9 Å². The number of alkyl carbamates (subject to hydrolysis) is 1. The van der Waals surface area contributed by atoms with Gasteiger partial charge in [0.2, 0.25) is 17.7 Å². The van der Waals surface area contributed by atoms with E-state index in [0.29, 0.717) is 13.3 Å². The zero-order valence-corrected chi connectivity index (χ0v) is 23.6. The molecule has 4 rings (SSSR count). The summed E-state index contributed by atoms with van der Waals surface area (Å²) in [6.07, 6.45) is -5.95. The van der Waals surface area contributed by atoms with Crippen LogP contribution in [0.15, 0.2) is 0 Å². The van der Waals surface area contributed by atoms with Gasteiger partial charge in [-0.3, -0.25) is 14.4 Å². The number of nitriles is 1. The van der Waals surface area contributed by atoms with Crippen LogP contribution >= 0.6 is 0 Å². The average Bonchev–Trinajstić information content (AvgIpc) is 3.54. The van der Waals surface area contributed by atoms with Gasteiger partial charge in [0, 0.05) is 18.0 Å². The SMILES string of the molecule is CC(OC(=O)N[C@H](C(=O)N1C[C@H]2[C@@H]([C@H]1C(=O)N[C@H](C#N)C[C@@H]1CC3(CC3)NC1=O)C2(C)C)C(C)(C)C)C(F)(F)F. The number of amides is 4. The Balaban J connectivity index is 1.48. The van der Waals surface area contributed by atoms with E-state index in [2.05, 4.69) is 26.8 Å². The van der Waals surface area contributed by atoms with Crippen molar-refractivity contribution in [3.8, 4) is 6.07 Å². The molecule has 4 fully saturated rings. The second-order valence-corrected chi connectivity index (χ2v) is 13.5. The van der Waals surface area contributed by atoms with Crippen LogP contribution in [-0.4, -0.2) is 71.2 Å². The number of carbonyl (C=O) groups is 4. The van der Waals surface area contributed by atoms with Crippen LogP contribution in [0.3, 0.4) is 0 Å². The molecule has 4 amide bonds. The third kappa shape index (κ3) is 5.72. The number of piperidine rings is 1. The van der Waals surface area contributed by atoms with Crippen LogP contribution in [0.25, 0.3) is 0 Å². The lowest BCUT2D eigenvalue weighted by molar-refractivity contribution is -0.197. The number of fused-ring (bicyclic) bond motifs is 1. The molecular formula is C27H38F3N5O5. The maximum Gasteiger partial charge on any atom is 0.425 e. The molecule has 10 nitrogen and oxygen atoms in total. The first-order valence-corrected chi connectivity index (χ1v) is 13.7. The summed E-state index contributed by atoms with van der Waals surface area (Å²) in [6, 6.07) is -1.09. The zero-order valence-electron chi connectivity index (χ0n) is 23.6. The molecule has 2 saturated carbocycles. The number of hydrogen-bond donors (Lipinski definition) is 3. The van der Waals surface area contributed by atoms with Gasteiger partial charge in [0.1, 0.15) is 18.1 Å². The summed E-state index contributed by atoms with van der Waals surface area (Å²) >= 11 is 0. The summed E-state index contributed by atoms with van der Waals surface area (Å²) in [5.41, 5.74) is -1.33. The molecule has 2 saturated heterocycles. The van der Waals surface area contributed by atoms with Crippen molar-refractivity contribution in [3.05, 3.63) is 0 Å². The van der Waals surface area contributed by atoms with Crippen molar-refractivity contribution in [2.75, 3.05) is 6.54 Å². The molecule has 3 N–H and O–H groups in total. The molecule has 2 aliphatic heterocycles. The van der Waals surface area contributed by atoms with Gasteiger partial charge >= 0.3 is 12.3 Å². The van der Waals surface area contributed by atoms with Gasteiger partial charge in [-0.2, -0.15) is 18.4 Å². The van der Waals surface area contributed by atoms with Gasteiger partial charge in [-0.15, -0.1) is 0 Å². The molecule has 2 heterocycles. The molecular weight excluding hydrogens is 531 g/mol. The fraction of sp³-hybridized carbons (Fsp3) is 0.815. The predicted molar refractivity (Wildman–Crippen MR) is 135 cm³/mol. The Bertz CT molecular complexity index is 1120. The minimum absolute atomic E-state index is 0.000826. The maximum absolute atomic E-state index is 13.8. The number of alkyl halides is 3. The third-order valence-corrected chi connectivity index (χ3v) is 9.12. The topological polar surface area (TPSA) is 141 Å². The minimum Gasteiger partial charge on any atom is -0.437 e. The number of likely N-dealkylation sites (tertiary alicyclic amines) is 1. The normalized spacial score (nSPS) is 29.9. The van der Waals surface area contributed by atoms with Gasteiger partial charge in [0.15, 0.2) is 6.10 Å². The minimum atomic E-state index is -4.76. The quantitative estimate of drug-likeness (QED) is 0.431. The molecule has 0 aromatic rings. The Morgan fingerprint density at radius 3 is 2.33 bits per heavy atom. The highest BCUT2D eigenvalue weighted by atomic mass is 19.4. The van der Waals surface area contributed by atoms with Crippen LogP contribution in [-0.2, 0) is 19.1 Å². The molecule has 2 aliphatic carbocycles. The van der Waals surface area contributed by atoms with E-state index in [0.717, 1.165) is 12.8 Å². The van der Waals surface area contributed by atoms with Crippen LogP contribution in [0.1, 0.15) is 67.2 Å². The molecule has 7 atom stereocenters. The van der Waals surface area contributed by atoms with Gasteiger partial charge in [-0.25, -0.2) is 4.79 Å². The molecule has 13 heteroatoms. The van der Waals surface area contributed by atoms with E-state index >= 15 is 0 Å². The van der Waals surface area contributed by atoms with Crippen molar-refractivity contribution in [2.45, 2.75) is 103 Å². The first-order valence-electron chi connectivity index (χ1n) is 13.7. The number of hydrogen-bond acceptors (Lipinski definition) is 6. The van der Waals surface area contributed by atoms with E-state index in [4.69, 9.17) is 0 Å². The zero-order chi connectivity index (χ0) is 30.0. The molecule has 1 unspecified atom stereocenters. The Hall–Kier alpha value is -3.04. The highest BCUT2D eigenvalue weighted by Crippen LogP contribution is 2.65. The lowest BCUT2D eigenvalue weighted by atomic mass is 9.85. The van der Waals surface area contributed by atoms with Crippen molar-refractivity contribution < 1.29 is 37.1 Å². The van der Waals surface area contributed by atoms with Crippen LogP contribution in [0.4, 0.5) is 18.0 Å². The Morgan fingerprint density at radius 2 is 1.82 bits per heavy atom. The second-order valence-electron chi connectivity index (χ2n) is 13.5. The molecule has 0 radical (unpaired) electrons. The summed E-state index contributed by atoms with van der Waals surface area (Å²) in [5.74, 6) is -1.86. The summed E-state index contributed by atoms with van der Waals surface area (Å²) in [6.45, 7) is 9.81. The highest BCUT2D eigenvalue weighted by molar-refractivity contribution is 5.93. The Morgan fingerprint density at radius 1 is 1.20 bits per heavy atom. The monoisotopic (exact) mass is 569 g/mol. The molecule has 0 aromatic carbocycles. The smallest absolute Gasteiger partial charge is 0.425 e.